The summed E-state index contributed by atoms with van der Waals surface area (Å²) in [4.78, 5) is 23.8. The molecule has 122 valence electrons. The number of carbonyl (C=O) groups excluding carboxylic acids is 2. The number of hydrogen-bond acceptors (Lipinski definition) is 3. The van der Waals surface area contributed by atoms with E-state index in [-0.39, 0.29) is 29.7 Å². The fourth-order valence-electron chi connectivity index (χ4n) is 1.97. The van der Waals surface area contributed by atoms with E-state index >= 15 is 0 Å². The maximum atomic E-state index is 13.1. The molecule has 0 saturated heterocycles. The quantitative estimate of drug-likeness (QED) is 0.840. The van der Waals surface area contributed by atoms with Gasteiger partial charge in [0.05, 0.1) is 6.61 Å². The molecular weight excluding hydrogens is 285 g/mol. The van der Waals surface area contributed by atoms with Gasteiger partial charge < -0.3 is 10.1 Å². The molecule has 1 N–H and O–H groups in total. The van der Waals surface area contributed by atoms with Gasteiger partial charge in [-0.25, -0.2) is 9.18 Å². The minimum absolute atomic E-state index is 0.0719. The minimum atomic E-state index is -0.495. The number of Topliss-reactive ketones (excluding diaryl/α,β-unsaturated/α-hetero) is 1. The molecule has 0 fully saturated rings. The van der Waals surface area contributed by atoms with E-state index in [4.69, 9.17) is 4.74 Å². The van der Waals surface area contributed by atoms with Gasteiger partial charge in [0.2, 0.25) is 0 Å². The first-order valence-electron chi connectivity index (χ1n) is 7.35. The second kappa shape index (κ2) is 7.38. The monoisotopic (exact) mass is 309 g/mol. The lowest BCUT2D eigenvalue weighted by Crippen LogP contribution is -2.41. The Hall–Kier alpha value is -1.91. The summed E-state index contributed by atoms with van der Waals surface area (Å²) in [6.07, 6.45) is -0.0714. The summed E-state index contributed by atoms with van der Waals surface area (Å²) in [5.41, 5.74) is 0.764. The molecule has 0 heterocycles. The summed E-state index contributed by atoms with van der Waals surface area (Å²) in [6.45, 7) is 9.22. The Kier molecular flexibility index (Phi) is 6.09. The van der Waals surface area contributed by atoms with Crippen LogP contribution in [0.1, 0.15) is 50.0 Å². The van der Waals surface area contributed by atoms with Crippen molar-refractivity contribution in [1.82, 2.24) is 5.32 Å². The van der Waals surface area contributed by atoms with Gasteiger partial charge in [0, 0.05) is 17.0 Å². The van der Waals surface area contributed by atoms with Gasteiger partial charge in [-0.1, -0.05) is 6.92 Å². The Morgan fingerprint density at radius 3 is 2.50 bits per heavy atom. The SMILES string of the molecule is Cc1cc(F)ccc1C(=O)[C@H](C)CCOC(=O)NC(C)(C)C. The molecule has 0 aliphatic rings. The van der Waals surface area contributed by atoms with Crippen LogP contribution in [0, 0.1) is 18.7 Å². The Balaban J connectivity index is 2.50. The summed E-state index contributed by atoms with van der Waals surface area (Å²) in [5.74, 6) is -0.729. The first-order chi connectivity index (χ1) is 10.1. The number of ketones is 1. The molecule has 0 radical (unpaired) electrons. The number of halogens is 1. The third-order valence-electron chi connectivity index (χ3n) is 3.16. The zero-order valence-electron chi connectivity index (χ0n) is 13.8. The van der Waals surface area contributed by atoms with Gasteiger partial charge in [-0.3, -0.25) is 4.79 Å². The summed E-state index contributed by atoms with van der Waals surface area (Å²) in [7, 11) is 0. The van der Waals surface area contributed by atoms with Gasteiger partial charge in [-0.05, 0) is 57.9 Å². The smallest absolute Gasteiger partial charge is 0.407 e. The number of nitrogens with one attached hydrogen (secondary N) is 1. The van der Waals surface area contributed by atoms with Crippen LogP contribution in [0.5, 0.6) is 0 Å². The van der Waals surface area contributed by atoms with Crippen molar-refractivity contribution in [2.45, 2.75) is 46.6 Å². The molecule has 0 aromatic heterocycles. The molecule has 1 amide bonds. The van der Waals surface area contributed by atoms with Crippen LogP contribution in [0.3, 0.4) is 0 Å². The lowest BCUT2D eigenvalue weighted by Gasteiger charge is -2.20. The first kappa shape index (κ1) is 18.1. The van der Waals surface area contributed by atoms with E-state index < -0.39 is 6.09 Å². The number of carbonyl (C=O) groups is 2. The van der Waals surface area contributed by atoms with Crippen molar-refractivity contribution in [3.8, 4) is 0 Å². The number of aryl methyl sites for hydroxylation is 1. The van der Waals surface area contributed by atoms with Gasteiger partial charge in [0.1, 0.15) is 5.82 Å². The second-order valence-electron chi connectivity index (χ2n) is 6.52. The summed E-state index contributed by atoms with van der Waals surface area (Å²) in [6, 6.07) is 4.12. The van der Waals surface area contributed by atoms with Crippen molar-refractivity contribution in [3.63, 3.8) is 0 Å². The molecule has 1 aromatic carbocycles. The van der Waals surface area contributed by atoms with Crippen LogP contribution >= 0.6 is 0 Å². The van der Waals surface area contributed by atoms with E-state index in [1.807, 2.05) is 20.8 Å². The molecule has 0 bridgehead atoms. The van der Waals surface area contributed by atoms with Crippen LogP contribution in [0.15, 0.2) is 18.2 Å². The summed E-state index contributed by atoms with van der Waals surface area (Å²) < 4.78 is 18.1. The van der Waals surface area contributed by atoms with Crippen molar-refractivity contribution in [1.29, 1.82) is 0 Å². The topological polar surface area (TPSA) is 55.4 Å². The van der Waals surface area contributed by atoms with Gasteiger partial charge >= 0.3 is 6.09 Å². The number of rotatable bonds is 5. The zero-order valence-corrected chi connectivity index (χ0v) is 13.8. The summed E-state index contributed by atoms with van der Waals surface area (Å²) in [5, 5.41) is 2.68. The van der Waals surface area contributed by atoms with Crippen molar-refractivity contribution >= 4 is 11.9 Å². The average molecular weight is 309 g/mol. The first-order valence-corrected chi connectivity index (χ1v) is 7.35. The van der Waals surface area contributed by atoms with E-state index in [0.717, 1.165) is 0 Å². The molecule has 0 aliphatic carbocycles. The van der Waals surface area contributed by atoms with Gasteiger partial charge in [-0.15, -0.1) is 0 Å². The Labute approximate surface area is 131 Å². The van der Waals surface area contributed by atoms with Crippen LogP contribution in [0.25, 0.3) is 0 Å². The van der Waals surface area contributed by atoms with Crippen molar-refractivity contribution in [3.05, 3.63) is 35.1 Å². The van der Waals surface area contributed by atoms with Gasteiger partial charge in [-0.2, -0.15) is 0 Å². The fourth-order valence-corrected chi connectivity index (χ4v) is 1.97. The highest BCUT2D eigenvalue weighted by molar-refractivity contribution is 5.98. The fraction of sp³-hybridized carbons (Fsp3) is 0.529. The molecule has 22 heavy (non-hydrogen) atoms. The maximum absolute atomic E-state index is 13.1. The van der Waals surface area contributed by atoms with E-state index in [2.05, 4.69) is 5.32 Å². The van der Waals surface area contributed by atoms with Crippen LogP contribution in [-0.2, 0) is 4.74 Å². The van der Waals surface area contributed by atoms with E-state index in [9.17, 15) is 14.0 Å². The number of amides is 1. The maximum Gasteiger partial charge on any atom is 0.407 e. The third-order valence-corrected chi connectivity index (χ3v) is 3.16. The second-order valence-corrected chi connectivity index (χ2v) is 6.52. The van der Waals surface area contributed by atoms with Crippen molar-refractivity contribution < 1.29 is 18.7 Å². The zero-order chi connectivity index (χ0) is 16.9. The van der Waals surface area contributed by atoms with Crippen LogP contribution in [0.4, 0.5) is 9.18 Å². The van der Waals surface area contributed by atoms with Crippen LogP contribution in [-0.4, -0.2) is 24.0 Å². The number of ether oxygens (including phenoxy) is 1. The molecule has 4 nitrogen and oxygen atoms in total. The Bertz CT molecular complexity index is 549. The highest BCUT2D eigenvalue weighted by atomic mass is 19.1. The highest BCUT2D eigenvalue weighted by Crippen LogP contribution is 2.17. The largest absolute Gasteiger partial charge is 0.450 e. The predicted octanol–water partition coefficient (Wildman–Crippen LogP) is 3.87. The van der Waals surface area contributed by atoms with E-state index in [1.54, 1.807) is 13.8 Å². The van der Waals surface area contributed by atoms with E-state index in [1.165, 1.54) is 18.2 Å². The van der Waals surface area contributed by atoms with Crippen LogP contribution in [0.2, 0.25) is 0 Å². The summed E-state index contributed by atoms with van der Waals surface area (Å²) >= 11 is 0. The molecule has 1 aromatic rings. The molecule has 0 spiro atoms. The Morgan fingerprint density at radius 2 is 1.95 bits per heavy atom. The lowest BCUT2D eigenvalue weighted by atomic mass is 9.94. The lowest BCUT2D eigenvalue weighted by molar-refractivity contribution is 0.0885. The molecule has 5 heteroatoms. The van der Waals surface area contributed by atoms with Gasteiger partial charge in [0.25, 0.3) is 0 Å². The third kappa shape index (κ3) is 5.84. The predicted molar refractivity (Wildman–Crippen MR) is 83.5 cm³/mol. The molecule has 0 saturated carbocycles. The normalized spacial score (nSPS) is 12.6. The van der Waals surface area contributed by atoms with Crippen molar-refractivity contribution in [2.24, 2.45) is 5.92 Å². The number of alkyl carbamates (subject to hydrolysis) is 1. The Morgan fingerprint density at radius 1 is 1.32 bits per heavy atom. The average Bonchev–Trinajstić information content (AvgIpc) is 2.35. The highest BCUT2D eigenvalue weighted by Gasteiger charge is 2.19. The molecule has 0 unspecified atom stereocenters. The van der Waals surface area contributed by atoms with Crippen molar-refractivity contribution in [2.75, 3.05) is 6.61 Å². The van der Waals surface area contributed by atoms with Crippen LogP contribution < -0.4 is 5.32 Å². The molecule has 1 atom stereocenters. The van der Waals surface area contributed by atoms with Gasteiger partial charge in [0.15, 0.2) is 5.78 Å². The van der Waals surface area contributed by atoms with E-state index in [0.29, 0.717) is 17.5 Å². The number of benzene rings is 1. The molecular formula is C17H24FNO3. The molecule has 0 aliphatic heterocycles. The minimum Gasteiger partial charge on any atom is -0.450 e. The standard InChI is InChI=1S/C17H24FNO3/c1-11(8-9-22-16(21)19-17(3,4)5)15(20)14-7-6-13(18)10-12(14)2/h6-7,10-11H,8-9H2,1-5H3,(H,19,21)/t11-/m1/s1. The molecule has 1 rings (SSSR count). The number of hydrogen-bond donors (Lipinski definition) is 1.